The van der Waals surface area contributed by atoms with Crippen molar-refractivity contribution in [2.45, 2.75) is 32.7 Å². The Morgan fingerprint density at radius 2 is 2.06 bits per heavy atom. The van der Waals surface area contributed by atoms with Gasteiger partial charge in [0.1, 0.15) is 0 Å². The first-order valence-electron chi connectivity index (χ1n) is 5.86. The third-order valence-corrected chi connectivity index (χ3v) is 4.17. The lowest BCUT2D eigenvalue weighted by molar-refractivity contribution is 0.430. The van der Waals surface area contributed by atoms with Gasteiger partial charge in [-0.3, -0.25) is 0 Å². The molecule has 0 aliphatic heterocycles. The Labute approximate surface area is 115 Å². The van der Waals surface area contributed by atoms with Gasteiger partial charge in [-0.15, -0.1) is 11.3 Å². The van der Waals surface area contributed by atoms with Crippen molar-refractivity contribution in [3.8, 4) is 0 Å². The van der Waals surface area contributed by atoms with Crippen molar-refractivity contribution in [3.63, 3.8) is 0 Å². The van der Waals surface area contributed by atoms with E-state index in [9.17, 15) is 0 Å². The molecule has 2 aromatic rings. The maximum Gasteiger partial charge on any atom is 0.0346 e. The second kappa shape index (κ2) is 5.09. The monoisotopic (exact) mass is 311 g/mol. The predicted molar refractivity (Wildman–Crippen MR) is 81.0 cm³/mol. The van der Waals surface area contributed by atoms with E-state index >= 15 is 0 Å². The molecule has 0 aliphatic rings. The quantitative estimate of drug-likeness (QED) is 0.874. The molecule has 0 aliphatic carbocycles. The van der Waals surface area contributed by atoms with Gasteiger partial charge < -0.3 is 5.32 Å². The number of halogens is 1. The highest BCUT2D eigenvalue weighted by molar-refractivity contribution is 9.10. The van der Waals surface area contributed by atoms with E-state index in [4.69, 9.17) is 0 Å². The maximum absolute atomic E-state index is 3.54. The molecule has 0 unspecified atom stereocenters. The fourth-order valence-electron chi connectivity index (χ4n) is 1.82. The fraction of sp³-hybridized carbons (Fsp3) is 0.429. The van der Waals surface area contributed by atoms with Crippen molar-refractivity contribution < 1.29 is 0 Å². The zero-order valence-corrected chi connectivity index (χ0v) is 12.9. The molecule has 1 heterocycles. The molecule has 1 N–H and O–H groups in total. The number of nitrogens with one attached hydrogen (secondary N) is 1. The van der Waals surface area contributed by atoms with Crippen molar-refractivity contribution in [2.24, 2.45) is 0 Å². The van der Waals surface area contributed by atoms with Gasteiger partial charge >= 0.3 is 0 Å². The van der Waals surface area contributed by atoms with Crippen LogP contribution in [0.1, 0.15) is 26.3 Å². The summed E-state index contributed by atoms with van der Waals surface area (Å²) in [6.45, 7) is 7.64. The van der Waals surface area contributed by atoms with Crippen LogP contribution in [0.3, 0.4) is 0 Å². The summed E-state index contributed by atoms with van der Waals surface area (Å²) in [5.41, 5.74) is 1.65. The lowest BCUT2D eigenvalue weighted by Gasteiger charge is -2.20. The van der Waals surface area contributed by atoms with Gasteiger partial charge in [-0.2, -0.15) is 0 Å². The number of hydrogen-bond donors (Lipinski definition) is 1. The highest BCUT2D eigenvalue weighted by Gasteiger charge is 2.09. The van der Waals surface area contributed by atoms with Crippen LogP contribution in [-0.4, -0.2) is 12.1 Å². The second-order valence-electron chi connectivity index (χ2n) is 5.33. The van der Waals surface area contributed by atoms with Gasteiger partial charge in [0.15, 0.2) is 0 Å². The average molecular weight is 312 g/mol. The van der Waals surface area contributed by atoms with E-state index in [1.54, 1.807) is 0 Å². The minimum absolute atomic E-state index is 0.201. The molecule has 0 radical (unpaired) electrons. The van der Waals surface area contributed by atoms with Gasteiger partial charge in [0.05, 0.1) is 0 Å². The minimum Gasteiger partial charge on any atom is -0.312 e. The number of rotatable bonds is 3. The van der Waals surface area contributed by atoms with Crippen LogP contribution in [0.2, 0.25) is 0 Å². The van der Waals surface area contributed by atoms with Gasteiger partial charge in [0.25, 0.3) is 0 Å². The van der Waals surface area contributed by atoms with Gasteiger partial charge in [-0.05, 0) is 68.3 Å². The third kappa shape index (κ3) is 3.54. The summed E-state index contributed by atoms with van der Waals surface area (Å²) >= 11 is 5.37. The van der Waals surface area contributed by atoms with Gasteiger partial charge in [0.2, 0.25) is 0 Å². The summed E-state index contributed by atoms with van der Waals surface area (Å²) < 4.78 is 2.53. The molecular formula is C14H18BrNS. The van der Waals surface area contributed by atoms with E-state index in [1.165, 1.54) is 15.6 Å². The molecule has 0 bridgehead atoms. The Balaban J connectivity index is 2.11. The van der Waals surface area contributed by atoms with Crippen molar-refractivity contribution in [1.82, 2.24) is 5.32 Å². The Morgan fingerprint density at radius 3 is 2.76 bits per heavy atom. The van der Waals surface area contributed by atoms with E-state index in [2.05, 4.69) is 65.6 Å². The summed E-state index contributed by atoms with van der Waals surface area (Å²) in [4.78, 5) is 0. The molecule has 1 aromatic heterocycles. The number of thiophene rings is 1. The van der Waals surface area contributed by atoms with Crippen LogP contribution in [-0.2, 0) is 6.42 Å². The molecule has 0 fully saturated rings. The largest absolute Gasteiger partial charge is 0.312 e. The van der Waals surface area contributed by atoms with E-state index in [-0.39, 0.29) is 5.54 Å². The molecule has 0 saturated carbocycles. The van der Waals surface area contributed by atoms with E-state index < -0.39 is 0 Å². The number of hydrogen-bond acceptors (Lipinski definition) is 2. The van der Waals surface area contributed by atoms with Crippen LogP contribution in [0.15, 0.2) is 28.1 Å². The van der Waals surface area contributed by atoms with Gasteiger partial charge in [-0.25, -0.2) is 0 Å². The first-order valence-corrected chi connectivity index (χ1v) is 7.54. The van der Waals surface area contributed by atoms with Gasteiger partial charge in [0, 0.05) is 14.7 Å². The lowest BCUT2D eigenvalue weighted by atomic mass is 10.1. The summed E-state index contributed by atoms with van der Waals surface area (Å²) in [5.74, 6) is 0. The first kappa shape index (κ1) is 13.1. The number of fused-ring (bicyclic) bond motifs is 1. The first-order chi connectivity index (χ1) is 7.96. The van der Waals surface area contributed by atoms with E-state index in [0.717, 1.165) is 17.4 Å². The third-order valence-electron chi connectivity index (χ3n) is 2.67. The zero-order valence-electron chi connectivity index (χ0n) is 10.5. The maximum atomic E-state index is 3.54. The van der Waals surface area contributed by atoms with E-state index in [0.29, 0.717) is 0 Å². The SMILES string of the molecule is CC(C)(C)NCCc1csc2ccc(Br)cc12. The summed E-state index contributed by atoms with van der Waals surface area (Å²) in [7, 11) is 0. The smallest absolute Gasteiger partial charge is 0.0346 e. The summed E-state index contributed by atoms with van der Waals surface area (Å²) in [6.07, 6.45) is 1.09. The van der Waals surface area contributed by atoms with Gasteiger partial charge in [-0.1, -0.05) is 15.9 Å². The van der Waals surface area contributed by atoms with Crippen LogP contribution >= 0.6 is 27.3 Å². The molecule has 1 nitrogen and oxygen atoms in total. The lowest BCUT2D eigenvalue weighted by Crippen LogP contribution is -2.37. The zero-order chi connectivity index (χ0) is 12.5. The number of benzene rings is 1. The molecule has 3 heteroatoms. The normalized spacial score (nSPS) is 12.2. The van der Waals surface area contributed by atoms with Crippen molar-refractivity contribution >= 4 is 37.4 Å². The Morgan fingerprint density at radius 1 is 1.29 bits per heavy atom. The molecule has 1 aromatic carbocycles. The standard InChI is InChI=1S/C14H18BrNS/c1-14(2,3)16-7-6-10-9-17-13-5-4-11(15)8-12(10)13/h4-5,8-9,16H,6-7H2,1-3H3. The molecule has 92 valence electrons. The summed E-state index contributed by atoms with van der Waals surface area (Å²) in [5, 5.41) is 7.20. The molecule has 0 atom stereocenters. The predicted octanol–water partition coefficient (Wildman–Crippen LogP) is 4.59. The Kier molecular flexibility index (Phi) is 3.91. The van der Waals surface area contributed by atoms with Crippen molar-refractivity contribution in [1.29, 1.82) is 0 Å². The fourth-order valence-corrected chi connectivity index (χ4v) is 3.16. The minimum atomic E-state index is 0.201. The molecule has 0 spiro atoms. The van der Waals surface area contributed by atoms with Crippen molar-refractivity contribution in [3.05, 3.63) is 33.6 Å². The van der Waals surface area contributed by atoms with Crippen LogP contribution in [0.5, 0.6) is 0 Å². The summed E-state index contributed by atoms with van der Waals surface area (Å²) in [6, 6.07) is 6.51. The molecule has 0 amide bonds. The second-order valence-corrected chi connectivity index (χ2v) is 7.16. The van der Waals surface area contributed by atoms with Crippen LogP contribution < -0.4 is 5.32 Å². The van der Waals surface area contributed by atoms with E-state index in [1.807, 2.05) is 11.3 Å². The molecule has 17 heavy (non-hydrogen) atoms. The molecular weight excluding hydrogens is 294 g/mol. The van der Waals surface area contributed by atoms with Crippen LogP contribution in [0.4, 0.5) is 0 Å². The van der Waals surface area contributed by atoms with Crippen molar-refractivity contribution in [2.75, 3.05) is 6.54 Å². The molecule has 2 rings (SSSR count). The molecule has 0 saturated heterocycles. The Bertz CT molecular complexity index is 510. The topological polar surface area (TPSA) is 12.0 Å². The van der Waals surface area contributed by atoms with Crippen LogP contribution in [0.25, 0.3) is 10.1 Å². The average Bonchev–Trinajstić information content (AvgIpc) is 2.59. The van der Waals surface area contributed by atoms with Crippen LogP contribution in [0, 0.1) is 0 Å². The highest BCUT2D eigenvalue weighted by Crippen LogP contribution is 2.29. The Hall–Kier alpha value is -0.380. The highest BCUT2D eigenvalue weighted by atomic mass is 79.9.